The predicted octanol–water partition coefficient (Wildman–Crippen LogP) is 4.91. The first-order valence-electron chi connectivity index (χ1n) is 11.9. The third kappa shape index (κ3) is 5.73. The summed E-state index contributed by atoms with van der Waals surface area (Å²) in [4.78, 5) is 17.1. The molecule has 0 radical (unpaired) electrons. The lowest BCUT2D eigenvalue weighted by Crippen LogP contribution is -2.06. The quantitative estimate of drug-likeness (QED) is 0.291. The van der Waals surface area contributed by atoms with E-state index in [0.29, 0.717) is 35.9 Å². The van der Waals surface area contributed by atoms with Crippen molar-refractivity contribution in [3.63, 3.8) is 0 Å². The molecule has 0 aliphatic heterocycles. The number of methoxy groups -OCH3 is 1. The van der Waals surface area contributed by atoms with E-state index in [1.54, 1.807) is 10.6 Å². The van der Waals surface area contributed by atoms with E-state index in [-0.39, 0.29) is 10.7 Å². The lowest BCUT2D eigenvalue weighted by atomic mass is 10.0. The summed E-state index contributed by atoms with van der Waals surface area (Å²) in [5.41, 5.74) is 5.13. The van der Waals surface area contributed by atoms with Crippen LogP contribution in [0.5, 0.6) is 5.75 Å². The van der Waals surface area contributed by atoms with Crippen LogP contribution in [0.1, 0.15) is 11.1 Å². The molecule has 0 unspecified atom stereocenters. The Balaban J connectivity index is 1.30. The van der Waals surface area contributed by atoms with Crippen LogP contribution in [-0.4, -0.2) is 42.2 Å². The van der Waals surface area contributed by atoms with Gasteiger partial charge in [0.15, 0.2) is 15.5 Å². The molecule has 0 fully saturated rings. The molecular weight excluding hydrogens is 500 g/mol. The zero-order valence-electron chi connectivity index (χ0n) is 21.0. The third-order valence-corrected chi connectivity index (χ3v) is 7.22. The van der Waals surface area contributed by atoms with E-state index < -0.39 is 9.84 Å². The Labute approximate surface area is 220 Å². The second kappa shape index (κ2) is 10.5. The Morgan fingerprint density at radius 1 is 0.895 bits per heavy atom. The van der Waals surface area contributed by atoms with Gasteiger partial charge in [0.25, 0.3) is 0 Å². The molecule has 0 saturated carbocycles. The summed E-state index contributed by atoms with van der Waals surface area (Å²) in [6, 6.07) is 26.1. The largest absolute Gasteiger partial charge is 0.495 e. The number of aromatic nitrogens is 3. The third-order valence-electron chi connectivity index (χ3n) is 6.11. The molecule has 9 heteroatoms. The number of nitrogens with one attached hydrogen (secondary N) is 1. The van der Waals surface area contributed by atoms with Crippen LogP contribution < -0.4 is 10.1 Å². The number of Topliss-reactive ketones (excluding diaryl/α,β-unsaturated/α-hetero) is 1. The number of hydrogen-bond acceptors (Lipinski definition) is 7. The summed E-state index contributed by atoms with van der Waals surface area (Å²) in [6.07, 6.45) is 3.85. The van der Waals surface area contributed by atoms with Crippen molar-refractivity contribution in [3.8, 4) is 16.9 Å². The van der Waals surface area contributed by atoms with Crippen LogP contribution in [0.4, 0.5) is 11.6 Å². The molecule has 0 bridgehead atoms. The van der Waals surface area contributed by atoms with Gasteiger partial charge in [-0.3, -0.25) is 4.79 Å². The number of anilines is 2. The molecule has 0 saturated heterocycles. The number of carbonyl (C=O) groups excluding carboxylic acids is 1. The Kier molecular flexibility index (Phi) is 6.93. The molecule has 192 valence electrons. The molecule has 3 aromatic carbocycles. The van der Waals surface area contributed by atoms with Gasteiger partial charge in [0.1, 0.15) is 11.5 Å². The molecule has 0 amide bonds. The van der Waals surface area contributed by atoms with Gasteiger partial charge in [-0.05, 0) is 41.0 Å². The Hall–Kier alpha value is -4.50. The summed E-state index contributed by atoms with van der Waals surface area (Å²) in [6.45, 7) is 0. The molecule has 2 aromatic heterocycles. The topological polar surface area (TPSA) is 103 Å². The monoisotopic (exact) mass is 526 g/mol. The van der Waals surface area contributed by atoms with Crippen LogP contribution >= 0.6 is 0 Å². The Bertz CT molecular complexity index is 1710. The number of carbonyl (C=O) groups is 1. The van der Waals surface area contributed by atoms with Crippen molar-refractivity contribution in [1.29, 1.82) is 0 Å². The summed E-state index contributed by atoms with van der Waals surface area (Å²) >= 11 is 0. The number of nitrogens with zero attached hydrogens (tertiary/aromatic N) is 3. The van der Waals surface area contributed by atoms with Crippen molar-refractivity contribution in [2.45, 2.75) is 17.7 Å². The highest BCUT2D eigenvalue weighted by atomic mass is 32.2. The minimum absolute atomic E-state index is 0.166. The van der Waals surface area contributed by atoms with Gasteiger partial charge >= 0.3 is 0 Å². The molecule has 0 atom stereocenters. The molecule has 1 N–H and O–H groups in total. The van der Waals surface area contributed by atoms with Crippen molar-refractivity contribution in [2.75, 3.05) is 18.7 Å². The maximum atomic E-state index is 12.5. The van der Waals surface area contributed by atoms with Crippen LogP contribution in [0, 0.1) is 0 Å². The van der Waals surface area contributed by atoms with Crippen molar-refractivity contribution < 1.29 is 17.9 Å². The molecule has 0 aliphatic rings. The molecule has 5 aromatic rings. The molecular formula is C29H26N4O4S. The standard InChI is InChI=1S/C29H26N4O4S/c1-37-27-18-25(38(2,35)36)13-14-26(27)30-29-31-28-15-12-23(19-33(28)32-29)22-10-8-21(9-11-22)17-24(34)16-20-6-4-3-5-7-20/h3-15,18-19H,16-17H2,1-2H3,(H,30,32). The highest BCUT2D eigenvalue weighted by Crippen LogP contribution is 2.30. The lowest BCUT2D eigenvalue weighted by Gasteiger charge is -2.10. The van der Waals surface area contributed by atoms with E-state index in [9.17, 15) is 13.2 Å². The van der Waals surface area contributed by atoms with E-state index in [0.717, 1.165) is 28.5 Å². The summed E-state index contributed by atoms with van der Waals surface area (Å²) in [5.74, 6) is 0.894. The van der Waals surface area contributed by atoms with Crippen molar-refractivity contribution in [2.24, 2.45) is 0 Å². The van der Waals surface area contributed by atoms with Crippen LogP contribution in [0.25, 0.3) is 16.8 Å². The number of hydrogen-bond donors (Lipinski definition) is 1. The SMILES string of the molecule is COc1cc(S(C)(=O)=O)ccc1Nc1nc2ccc(-c3ccc(CC(=O)Cc4ccccc4)cc3)cn2n1. The average Bonchev–Trinajstić information content (AvgIpc) is 3.31. The normalized spacial score (nSPS) is 11.4. The number of benzene rings is 3. The van der Waals surface area contributed by atoms with E-state index in [2.05, 4.69) is 15.4 Å². The van der Waals surface area contributed by atoms with E-state index in [4.69, 9.17) is 4.74 Å². The molecule has 8 nitrogen and oxygen atoms in total. The molecule has 5 rings (SSSR count). The second-order valence-electron chi connectivity index (χ2n) is 8.99. The maximum absolute atomic E-state index is 12.5. The second-order valence-corrected chi connectivity index (χ2v) is 11.0. The summed E-state index contributed by atoms with van der Waals surface area (Å²) in [5, 5.41) is 7.61. The Morgan fingerprint density at radius 2 is 1.58 bits per heavy atom. The van der Waals surface area contributed by atoms with Gasteiger partial charge in [0.05, 0.1) is 17.7 Å². The van der Waals surface area contributed by atoms with Crippen LogP contribution in [0.3, 0.4) is 0 Å². The maximum Gasteiger partial charge on any atom is 0.247 e. The van der Waals surface area contributed by atoms with Gasteiger partial charge < -0.3 is 10.1 Å². The number of ketones is 1. The highest BCUT2D eigenvalue weighted by molar-refractivity contribution is 7.90. The van der Waals surface area contributed by atoms with E-state index >= 15 is 0 Å². The fourth-order valence-electron chi connectivity index (χ4n) is 4.16. The van der Waals surface area contributed by atoms with Crippen molar-refractivity contribution in [3.05, 3.63) is 102 Å². The summed E-state index contributed by atoms with van der Waals surface area (Å²) in [7, 11) is -1.89. The van der Waals surface area contributed by atoms with Gasteiger partial charge in [0.2, 0.25) is 5.95 Å². The minimum Gasteiger partial charge on any atom is -0.495 e. The number of pyridine rings is 1. The molecule has 0 spiro atoms. The molecule has 2 heterocycles. The molecule has 0 aliphatic carbocycles. The van der Waals surface area contributed by atoms with Crippen LogP contribution in [0.2, 0.25) is 0 Å². The zero-order valence-corrected chi connectivity index (χ0v) is 21.8. The van der Waals surface area contributed by atoms with Gasteiger partial charge in [0, 0.05) is 36.9 Å². The first-order chi connectivity index (χ1) is 18.3. The van der Waals surface area contributed by atoms with E-state index in [1.807, 2.05) is 72.9 Å². The van der Waals surface area contributed by atoms with Gasteiger partial charge in [-0.25, -0.2) is 12.9 Å². The number of sulfone groups is 1. The lowest BCUT2D eigenvalue weighted by molar-refractivity contribution is -0.117. The first kappa shape index (κ1) is 25.2. The van der Waals surface area contributed by atoms with E-state index in [1.165, 1.54) is 19.2 Å². The number of ether oxygens (including phenoxy) is 1. The predicted molar refractivity (Wildman–Crippen MR) is 147 cm³/mol. The minimum atomic E-state index is -3.36. The number of rotatable bonds is 9. The first-order valence-corrected chi connectivity index (χ1v) is 13.8. The fourth-order valence-corrected chi connectivity index (χ4v) is 4.80. The fraction of sp³-hybridized carbons (Fsp3) is 0.138. The zero-order chi connectivity index (χ0) is 26.7. The Morgan fingerprint density at radius 3 is 2.26 bits per heavy atom. The summed E-state index contributed by atoms with van der Waals surface area (Å²) < 4.78 is 30.7. The van der Waals surface area contributed by atoms with Gasteiger partial charge in [-0.1, -0.05) is 54.6 Å². The van der Waals surface area contributed by atoms with Crippen LogP contribution in [-0.2, 0) is 27.5 Å². The van der Waals surface area contributed by atoms with Crippen molar-refractivity contribution in [1.82, 2.24) is 14.6 Å². The average molecular weight is 527 g/mol. The van der Waals surface area contributed by atoms with Crippen molar-refractivity contribution >= 4 is 32.9 Å². The van der Waals surface area contributed by atoms with Crippen LogP contribution in [0.15, 0.2) is 96.0 Å². The van der Waals surface area contributed by atoms with Gasteiger partial charge in [-0.2, -0.15) is 4.98 Å². The molecule has 38 heavy (non-hydrogen) atoms. The van der Waals surface area contributed by atoms with Gasteiger partial charge in [-0.15, -0.1) is 5.10 Å². The smallest absolute Gasteiger partial charge is 0.247 e. The highest BCUT2D eigenvalue weighted by Gasteiger charge is 2.14. The number of fused-ring (bicyclic) bond motifs is 1.